The first-order valence-corrected chi connectivity index (χ1v) is 15.9. The van der Waals surface area contributed by atoms with Crippen molar-refractivity contribution < 1.29 is 0 Å². The number of nitrogens with zero attached hydrogens (tertiary/aromatic N) is 2. The lowest BCUT2D eigenvalue weighted by atomic mass is 9.83. The zero-order valence-electron chi connectivity index (χ0n) is 25.6. The first kappa shape index (κ1) is 27.0. The van der Waals surface area contributed by atoms with Crippen LogP contribution in [0.25, 0.3) is 70.9 Å². The highest BCUT2D eigenvalue weighted by Crippen LogP contribution is 2.52. The van der Waals surface area contributed by atoms with E-state index >= 15 is 0 Å². The average Bonchev–Trinajstić information content (AvgIpc) is 3.53. The Labute approximate surface area is 274 Å². The molecule has 1 atom stereocenters. The summed E-state index contributed by atoms with van der Waals surface area (Å²) < 4.78 is 0. The Morgan fingerprint density at radius 2 is 1.11 bits per heavy atom. The van der Waals surface area contributed by atoms with E-state index in [1.807, 2.05) is 24.3 Å². The fourth-order valence-corrected chi connectivity index (χ4v) is 7.25. The minimum absolute atomic E-state index is 0.0525. The van der Waals surface area contributed by atoms with E-state index in [1.165, 1.54) is 43.8 Å². The third kappa shape index (κ3) is 4.42. The van der Waals surface area contributed by atoms with E-state index in [0.29, 0.717) is 5.69 Å². The third-order valence-corrected chi connectivity index (χ3v) is 9.45. The van der Waals surface area contributed by atoms with Crippen LogP contribution in [0.5, 0.6) is 0 Å². The summed E-state index contributed by atoms with van der Waals surface area (Å²) in [7, 11) is 0. The molecule has 1 N–H and O–H groups in total. The molecule has 0 saturated carbocycles. The zero-order valence-corrected chi connectivity index (χ0v) is 25.6. The number of anilines is 2. The predicted molar refractivity (Wildman–Crippen MR) is 198 cm³/mol. The lowest BCUT2D eigenvalue weighted by Gasteiger charge is -2.23. The van der Waals surface area contributed by atoms with E-state index in [1.54, 1.807) is 0 Å². The van der Waals surface area contributed by atoms with Gasteiger partial charge in [0.2, 0.25) is 0 Å². The molecule has 0 radical (unpaired) electrons. The summed E-state index contributed by atoms with van der Waals surface area (Å²) in [6.07, 6.45) is 8.66. The minimum atomic E-state index is 0.0525. The molecule has 0 bridgehead atoms. The maximum absolute atomic E-state index is 7.29. The Morgan fingerprint density at radius 1 is 0.532 bits per heavy atom. The maximum Gasteiger partial charge on any atom is 0.187 e. The van der Waals surface area contributed by atoms with Gasteiger partial charge in [-0.2, -0.15) is 0 Å². The van der Waals surface area contributed by atoms with Gasteiger partial charge in [0, 0.05) is 17.3 Å². The number of nitrogens with one attached hydrogen (secondary N) is 1. The molecule has 3 heteroatoms. The fraction of sp³-hybridized carbons (Fsp3) is 0.0227. The monoisotopic (exact) mass is 599 g/mol. The topological polar surface area (TPSA) is 19.6 Å². The molecule has 9 rings (SSSR count). The molecule has 7 aromatic carbocycles. The quantitative estimate of drug-likeness (QED) is 0.160. The molecule has 7 aromatic rings. The number of hydrogen-bond acceptors (Lipinski definition) is 2. The van der Waals surface area contributed by atoms with Gasteiger partial charge in [0.25, 0.3) is 0 Å². The van der Waals surface area contributed by atoms with Crippen LogP contribution in [-0.4, -0.2) is 6.17 Å². The maximum atomic E-state index is 7.29. The van der Waals surface area contributed by atoms with E-state index in [9.17, 15) is 0 Å². The van der Waals surface area contributed by atoms with Gasteiger partial charge in [-0.05, 0) is 79.2 Å². The van der Waals surface area contributed by atoms with Crippen LogP contribution in [0.2, 0.25) is 0 Å². The van der Waals surface area contributed by atoms with E-state index in [0.717, 1.165) is 33.6 Å². The Bertz CT molecular complexity index is 2430. The highest BCUT2D eigenvalue weighted by molar-refractivity contribution is 6.23. The van der Waals surface area contributed by atoms with Gasteiger partial charge in [-0.25, -0.2) is 4.85 Å². The van der Waals surface area contributed by atoms with Crippen LogP contribution in [0.15, 0.2) is 164 Å². The molecule has 2 aliphatic heterocycles. The number of allylic oxidation sites excluding steroid dienone is 2. The van der Waals surface area contributed by atoms with Crippen molar-refractivity contribution >= 4 is 38.6 Å². The van der Waals surface area contributed by atoms with Gasteiger partial charge < -0.3 is 10.2 Å². The van der Waals surface area contributed by atoms with Crippen molar-refractivity contribution in [2.75, 3.05) is 10.2 Å². The smallest absolute Gasteiger partial charge is 0.187 e. The second kappa shape index (κ2) is 10.9. The second-order valence-corrected chi connectivity index (χ2v) is 12.1. The number of fused-ring (bicyclic) bond motifs is 6. The standard InChI is InChI=1S/C44H29N3/c1-45-34-24-22-30(23-25-34)29-18-20-31(21-19-29)33-27-39(44-40(28-33)47-26-10-9-17-41(47)46-44)43-38-16-8-6-14-36(38)35-13-5-7-15-37(35)42(43)32-11-3-2-4-12-32/h2-28,41,46H. The van der Waals surface area contributed by atoms with Crippen LogP contribution in [0, 0.1) is 6.57 Å². The first-order chi connectivity index (χ1) is 23.3. The zero-order chi connectivity index (χ0) is 31.3. The molecule has 0 spiro atoms. The summed E-state index contributed by atoms with van der Waals surface area (Å²) in [6, 6.07) is 49.8. The van der Waals surface area contributed by atoms with Crippen molar-refractivity contribution in [2.45, 2.75) is 6.17 Å². The van der Waals surface area contributed by atoms with E-state index in [2.05, 4.69) is 155 Å². The lowest BCUT2D eigenvalue weighted by molar-refractivity contribution is 0.908. The van der Waals surface area contributed by atoms with Crippen LogP contribution in [0.4, 0.5) is 17.1 Å². The Hall–Kier alpha value is -6.37. The molecule has 0 saturated heterocycles. The summed E-state index contributed by atoms with van der Waals surface area (Å²) in [4.78, 5) is 5.88. The van der Waals surface area contributed by atoms with Crippen molar-refractivity contribution in [1.82, 2.24) is 0 Å². The first-order valence-electron chi connectivity index (χ1n) is 15.9. The van der Waals surface area contributed by atoms with Crippen molar-refractivity contribution in [2.24, 2.45) is 0 Å². The van der Waals surface area contributed by atoms with Gasteiger partial charge >= 0.3 is 0 Å². The number of rotatable bonds is 4. The van der Waals surface area contributed by atoms with Gasteiger partial charge in [0.05, 0.1) is 17.9 Å². The molecule has 2 heterocycles. The van der Waals surface area contributed by atoms with Gasteiger partial charge in [0.15, 0.2) is 5.69 Å². The molecular weight excluding hydrogens is 571 g/mol. The van der Waals surface area contributed by atoms with Crippen molar-refractivity contribution in [3.8, 4) is 44.5 Å². The predicted octanol–water partition coefficient (Wildman–Crippen LogP) is 11.9. The number of hydrogen-bond donors (Lipinski definition) is 1. The summed E-state index contributed by atoms with van der Waals surface area (Å²) in [5.41, 5.74) is 12.4. The fourth-order valence-electron chi connectivity index (χ4n) is 7.25. The van der Waals surface area contributed by atoms with E-state index < -0.39 is 0 Å². The Morgan fingerprint density at radius 3 is 1.77 bits per heavy atom. The molecule has 0 fully saturated rings. The normalized spacial score (nSPS) is 14.5. The Kier molecular flexibility index (Phi) is 6.26. The largest absolute Gasteiger partial charge is 0.359 e. The van der Waals surface area contributed by atoms with Crippen molar-refractivity contribution in [3.63, 3.8) is 0 Å². The van der Waals surface area contributed by atoms with Gasteiger partial charge in [-0.3, -0.25) is 0 Å². The van der Waals surface area contributed by atoms with Gasteiger partial charge in [0.1, 0.15) is 6.17 Å². The van der Waals surface area contributed by atoms with Crippen molar-refractivity contribution in [1.29, 1.82) is 0 Å². The lowest BCUT2D eigenvalue weighted by Crippen LogP contribution is -2.30. The average molecular weight is 600 g/mol. The van der Waals surface area contributed by atoms with Crippen LogP contribution < -0.4 is 10.2 Å². The summed E-state index contributed by atoms with van der Waals surface area (Å²) in [6.45, 7) is 7.29. The summed E-state index contributed by atoms with van der Waals surface area (Å²) in [5, 5.41) is 8.87. The molecule has 2 aliphatic rings. The molecule has 47 heavy (non-hydrogen) atoms. The summed E-state index contributed by atoms with van der Waals surface area (Å²) >= 11 is 0. The highest BCUT2D eigenvalue weighted by Gasteiger charge is 2.31. The van der Waals surface area contributed by atoms with Crippen molar-refractivity contribution in [3.05, 3.63) is 175 Å². The minimum Gasteiger partial charge on any atom is -0.359 e. The van der Waals surface area contributed by atoms with Crippen LogP contribution in [0.1, 0.15) is 0 Å². The molecule has 1 unspecified atom stereocenters. The Balaban J connectivity index is 1.32. The van der Waals surface area contributed by atoms with E-state index in [4.69, 9.17) is 6.57 Å². The van der Waals surface area contributed by atoms with Gasteiger partial charge in [-0.15, -0.1) is 0 Å². The molecule has 0 aromatic heterocycles. The van der Waals surface area contributed by atoms with Crippen LogP contribution in [-0.2, 0) is 0 Å². The van der Waals surface area contributed by atoms with Crippen LogP contribution in [0.3, 0.4) is 0 Å². The van der Waals surface area contributed by atoms with Crippen LogP contribution >= 0.6 is 0 Å². The molecule has 3 nitrogen and oxygen atoms in total. The molecule has 0 amide bonds. The van der Waals surface area contributed by atoms with Gasteiger partial charge in [-0.1, -0.05) is 133 Å². The van der Waals surface area contributed by atoms with E-state index in [-0.39, 0.29) is 6.17 Å². The molecule has 0 aliphatic carbocycles. The summed E-state index contributed by atoms with van der Waals surface area (Å²) in [5.74, 6) is 0. The SMILES string of the molecule is [C-]#[N+]c1ccc(-c2ccc(-c3cc(-c4c(-c5ccccc5)c5ccccc5c5ccccc45)c4c(c3)N3C=CC=CC3N4)cc2)cc1. The number of benzene rings is 7. The second-order valence-electron chi connectivity index (χ2n) is 12.1. The third-order valence-electron chi connectivity index (χ3n) is 9.45. The highest BCUT2D eigenvalue weighted by atomic mass is 15.3. The molecular formula is C44H29N3. The molecule has 220 valence electrons.